The summed E-state index contributed by atoms with van der Waals surface area (Å²) >= 11 is 3.44. The number of rotatable bonds is 4. The molecule has 3 unspecified atom stereocenters. The smallest absolute Gasteiger partial charge is 0.240 e. The van der Waals surface area contributed by atoms with Crippen LogP contribution in [0.15, 0.2) is 57.5 Å². The van der Waals surface area contributed by atoms with Gasteiger partial charge < -0.3 is 9.42 Å². The summed E-state index contributed by atoms with van der Waals surface area (Å²) in [7, 11) is 0. The zero-order chi connectivity index (χ0) is 22.0. The third-order valence-corrected chi connectivity index (χ3v) is 7.67. The van der Waals surface area contributed by atoms with Crippen LogP contribution in [-0.4, -0.2) is 51.3 Å². The largest absolute Gasteiger partial charge is 0.360 e. The molecule has 4 heterocycles. The summed E-state index contributed by atoms with van der Waals surface area (Å²) in [6.45, 7) is 3.79. The van der Waals surface area contributed by atoms with E-state index in [-0.39, 0.29) is 17.7 Å². The van der Waals surface area contributed by atoms with Gasteiger partial charge in [-0.15, -0.1) is 0 Å². The first-order valence-electron chi connectivity index (χ1n) is 10.9. The van der Waals surface area contributed by atoms with Gasteiger partial charge in [-0.1, -0.05) is 57.5 Å². The number of hydrogen-bond acceptors (Lipinski definition) is 5. The van der Waals surface area contributed by atoms with Gasteiger partial charge in [0.1, 0.15) is 17.0 Å². The SMILES string of the molecule is Cc1onc(-c2ccc(Br)cc2)c1C(=O)C12CC(C(=O)N3CCc4ccccc4C3)N1C2. The molecule has 3 aliphatic heterocycles. The predicted octanol–water partition coefficient (Wildman–Crippen LogP) is 4.01. The molecule has 6 rings (SSSR count). The van der Waals surface area contributed by atoms with E-state index >= 15 is 0 Å². The van der Waals surface area contributed by atoms with Crippen LogP contribution in [0.2, 0.25) is 0 Å². The van der Waals surface area contributed by atoms with Gasteiger partial charge in [0.15, 0.2) is 5.78 Å². The van der Waals surface area contributed by atoms with Crippen LogP contribution in [0.3, 0.4) is 0 Å². The number of aromatic nitrogens is 1. The number of hydrogen-bond donors (Lipinski definition) is 0. The lowest BCUT2D eigenvalue weighted by atomic mass is 9.83. The minimum absolute atomic E-state index is 0.0159. The molecule has 6 nitrogen and oxygen atoms in total. The Morgan fingerprint density at radius 1 is 1.12 bits per heavy atom. The Labute approximate surface area is 194 Å². The van der Waals surface area contributed by atoms with Crippen molar-refractivity contribution >= 4 is 27.6 Å². The number of fused-ring (bicyclic) bond motifs is 2. The first kappa shape index (κ1) is 19.9. The highest BCUT2D eigenvalue weighted by atomic mass is 79.9. The fourth-order valence-corrected chi connectivity index (χ4v) is 5.51. The second kappa shape index (κ2) is 7.12. The molecule has 3 aliphatic rings. The predicted molar refractivity (Wildman–Crippen MR) is 122 cm³/mol. The normalized spacial score (nSPS) is 25.5. The Morgan fingerprint density at radius 2 is 1.88 bits per heavy atom. The van der Waals surface area contributed by atoms with E-state index in [2.05, 4.69) is 33.2 Å². The van der Waals surface area contributed by atoms with Crippen LogP contribution in [0, 0.1) is 6.92 Å². The Morgan fingerprint density at radius 3 is 2.62 bits per heavy atom. The zero-order valence-corrected chi connectivity index (χ0v) is 19.3. The van der Waals surface area contributed by atoms with Crippen LogP contribution in [0.4, 0.5) is 0 Å². The van der Waals surface area contributed by atoms with Crippen molar-refractivity contribution in [3.8, 4) is 11.3 Å². The third kappa shape index (κ3) is 2.91. The van der Waals surface area contributed by atoms with Gasteiger partial charge >= 0.3 is 0 Å². The number of halogens is 1. The number of carbonyl (C=O) groups is 2. The molecule has 0 saturated carbocycles. The lowest BCUT2D eigenvalue weighted by molar-refractivity contribution is -0.139. The topological polar surface area (TPSA) is 66.4 Å². The molecule has 7 heteroatoms. The van der Waals surface area contributed by atoms with Crippen molar-refractivity contribution in [3.05, 3.63) is 75.5 Å². The quantitative estimate of drug-likeness (QED) is 0.407. The molecule has 0 radical (unpaired) electrons. The highest BCUT2D eigenvalue weighted by molar-refractivity contribution is 9.10. The van der Waals surface area contributed by atoms with Gasteiger partial charge in [-0.2, -0.15) is 0 Å². The average molecular weight is 492 g/mol. The van der Waals surface area contributed by atoms with Gasteiger partial charge in [-0.25, -0.2) is 0 Å². The van der Waals surface area contributed by atoms with E-state index in [1.807, 2.05) is 46.2 Å². The molecule has 2 fully saturated rings. The lowest BCUT2D eigenvalue weighted by Crippen LogP contribution is -2.56. The van der Waals surface area contributed by atoms with Crippen LogP contribution < -0.4 is 0 Å². The minimum atomic E-state index is -0.575. The third-order valence-electron chi connectivity index (χ3n) is 7.14. The second-order valence-corrected chi connectivity index (χ2v) is 9.87. The second-order valence-electron chi connectivity index (χ2n) is 8.96. The summed E-state index contributed by atoms with van der Waals surface area (Å²) < 4.78 is 6.37. The fraction of sp³-hybridized carbons (Fsp3) is 0.320. The molecule has 1 amide bonds. The summed E-state index contributed by atoms with van der Waals surface area (Å²) in [5.74, 6) is 0.675. The Kier molecular flexibility index (Phi) is 4.42. The van der Waals surface area contributed by atoms with E-state index in [1.54, 1.807) is 6.92 Å². The molecule has 3 atom stereocenters. The van der Waals surface area contributed by atoms with Crippen molar-refractivity contribution in [2.24, 2.45) is 0 Å². The van der Waals surface area contributed by atoms with E-state index < -0.39 is 5.54 Å². The summed E-state index contributed by atoms with van der Waals surface area (Å²) in [4.78, 5) is 30.7. The summed E-state index contributed by atoms with van der Waals surface area (Å²) in [6, 6.07) is 15.8. The molecule has 32 heavy (non-hydrogen) atoms. The maximum Gasteiger partial charge on any atom is 0.240 e. The standard InChI is InChI=1S/C25H22BrN3O3/c1-15-21(22(27-32-15)17-6-8-19(26)9-7-17)23(30)25-12-20(29(25)14-25)24(31)28-11-10-16-4-2-3-5-18(16)13-28/h2-9,20H,10-14H2,1H3. The number of nitrogens with zero attached hydrogens (tertiary/aromatic N) is 3. The van der Waals surface area contributed by atoms with Crippen LogP contribution in [-0.2, 0) is 17.8 Å². The number of aryl methyl sites for hydroxylation is 1. The fourth-order valence-electron chi connectivity index (χ4n) is 5.24. The number of ketones is 1. The van der Waals surface area contributed by atoms with E-state index in [0.29, 0.717) is 36.5 Å². The summed E-state index contributed by atoms with van der Waals surface area (Å²) in [5, 5.41) is 4.17. The highest BCUT2D eigenvalue weighted by Gasteiger charge is 2.72. The zero-order valence-electron chi connectivity index (χ0n) is 17.7. The Bertz CT molecular complexity index is 1250. The first-order chi connectivity index (χ1) is 15.5. The minimum Gasteiger partial charge on any atom is -0.360 e. The number of carbonyl (C=O) groups excluding carboxylic acids is 2. The van der Waals surface area contributed by atoms with Gasteiger partial charge in [0, 0.05) is 29.7 Å². The maximum absolute atomic E-state index is 13.6. The van der Waals surface area contributed by atoms with Gasteiger partial charge in [0.2, 0.25) is 5.91 Å². The molecule has 0 N–H and O–H groups in total. The van der Waals surface area contributed by atoms with E-state index in [1.165, 1.54) is 11.1 Å². The number of amides is 1. The Balaban J connectivity index is 1.20. The highest BCUT2D eigenvalue weighted by Crippen LogP contribution is 2.53. The lowest BCUT2D eigenvalue weighted by Gasteiger charge is -2.39. The molecule has 0 spiro atoms. The van der Waals surface area contributed by atoms with Crippen molar-refractivity contribution in [2.75, 3.05) is 13.1 Å². The van der Waals surface area contributed by atoms with Crippen LogP contribution in [0.5, 0.6) is 0 Å². The molecule has 0 aliphatic carbocycles. The van der Waals surface area contributed by atoms with Gasteiger partial charge in [0.05, 0.1) is 11.6 Å². The number of benzene rings is 2. The molecular weight excluding hydrogens is 470 g/mol. The van der Waals surface area contributed by atoms with Gasteiger partial charge in [-0.3, -0.25) is 14.5 Å². The Hall–Kier alpha value is -2.77. The van der Waals surface area contributed by atoms with E-state index in [0.717, 1.165) is 23.0 Å². The summed E-state index contributed by atoms with van der Waals surface area (Å²) in [5.41, 5.74) is 3.92. The monoisotopic (exact) mass is 491 g/mol. The van der Waals surface area contributed by atoms with Crippen molar-refractivity contribution in [2.45, 2.75) is 37.9 Å². The van der Waals surface area contributed by atoms with Crippen molar-refractivity contribution in [3.63, 3.8) is 0 Å². The van der Waals surface area contributed by atoms with Crippen LogP contribution in [0.25, 0.3) is 11.3 Å². The van der Waals surface area contributed by atoms with Crippen molar-refractivity contribution < 1.29 is 14.1 Å². The molecular formula is C25H22BrN3O3. The van der Waals surface area contributed by atoms with E-state index in [4.69, 9.17) is 4.52 Å². The molecule has 162 valence electrons. The molecule has 0 bridgehead atoms. The first-order valence-corrected chi connectivity index (χ1v) is 11.7. The van der Waals surface area contributed by atoms with Crippen LogP contribution >= 0.6 is 15.9 Å². The molecule has 2 aromatic carbocycles. The van der Waals surface area contributed by atoms with Crippen molar-refractivity contribution in [1.29, 1.82) is 0 Å². The van der Waals surface area contributed by atoms with Crippen molar-refractivity contribution in [1.82, 2.24) is 15.0 Å². The van der Waals surface area contributed by atoms with Gasteiger partial charge in [-0.05, 0) is 43.0 Å². The van der Waals surface area contributed by atoms with Gasteiger partial charge in [0.25, 0.3) is 0 Å². The maximum atomic E-state index is 13.6. The molecule has 1 aromatic heterocycles. The van der Waals surface area contributed by atoms with E-state index in [9.17, 15) is 9.59 Å². The summed E-state index contributed by atoms with van der Waals surface area (Å²) in [6.07, 6.45) is 1.45. The number of Topliss-reactive ketones (excluding diaryl/α,β-unsaturated/α-hetero) is 1. The molecule has 3 aromatic rings. The molecule has 2 saturated heterocycles. The van der Waals surface area contributed by atoms with Crippen LogP contribution in [0.1, 0.15) is 33.7 Å². The average Bonchev–Trinajstić information content (AvgIpc) is 3.20.